The van der Waals surface area contributed by atoms with Gasteiger partial charge in [0.25, 0.3) is 5.69 Å². The molecule has 0 spiro atoms. The lowest BCUT2D eigenvalue weighted by Gasteiger charge is -2.32. The van der Waals surface area contributed by atoms with Gasteiger partial charge in [0.05, 0.1) is 16.1 Å². The highest BCUT2D eigenvalue weighted by Crippen LogP contribution is 2.32. The van der Waals surface area contributed by atoms with Gasteiger partial charge in [-0.15, -0.1) is 0 Å². The first kappa shape index (κ1) is 17.3. The number of hydrogen-bond donors (Lipinski definition) is 0. The topological polar surface area (TPSA) is 75.4 Å². The molecule has 1 aliphatic heterocycles. The van der Waals surface area contributed by atoms with Crippen molar-refractivity contribution < 1.29 is 9.31 Å². The summed E-state index contributed by atoms with van der Waals surface area (Å²) in [4.78, 5) is 24.2. The summed E-state index contributed by atoms with van der Waals surface area (Å²) in [6, 6.07) is 10.7. The minimum atomic E-state index is -0.473. The zero-order chi connectivity index (χ0) is 19.0. The number of piperazine rings is 1. The molecule has 0 aliphatic carbocycles. The molecule has 0 unspecified atom stereocenters. The zero-order valence-electron chi connectivity index (χ0n) is 14.8. The monoisotopic (exact) mass is 367 g/mol. The van der Waals surface area contributed by atoms with E-state index in [1.165, 1.54) is 18.2 Å². The van der Waals surface area contributed by atoms with Crippen LogP contribution in [0.3, 0.4) is 0 Å². The first-order valence-electron chi connectivity index (χ1n) is 8.67. The van der Waals surface area contributed by atoms with Gasteiger partial charge in [-0.1, -0.05) is 12.1 Å². The van der Waals surface area contributed by atoms with Crippen LogP contribution in [0.2, 0.25) is 0 Å². The molecule has 1 aliphatic rings. The summed E-state index contributed by atoms with van der Waals surface area (Å²) in [5.41, 5.74) is 1.16. The van der Waals surface area contributed by atoms with Crippen LogP contribution < -0.4 is 4.90 Å². The van der Waals surface area contributed by atoms with E-state index in [2.05, 4.69) is 26.8 Å². The molecule has 4 rings (SSSR count). The summed E-state index contributed by atoms with van der Waals surface area (Å²) < 4.78 is 14.5. The average molecular weight is 367 g/mol. The number of nitrogens with zero attached hydrogens (tertiary/aromatic N) is 5. The third-order valence-corrected chi connectivity index (χ3v) is 4.79. The number of nitro benzene ring substituents is 1. The Morgan fingerprint density at radius 1 is 1.07 bits per heavy atom. The largest absolute Gasteiger partial charge is 0.338 e. The van der Waals surface area contributed by atoms with Crippen molar-refractivity contribution in [2.75, 3.05) is 38.1 Å². The lowest BCUT2D eigenvalue weighted by Crippen LogP contribution is -2.45. The van der Waals surface area contributed by atoms with Gasteiger partial charge in [-0.3, -0.25) is 10.1 Å². The van der Waals surface area contributed by atoms with Crippen LogP contribution >= 0.6 is 0 Å². The number of rotatable bonds is 3. The van der Waals surface area contributed by atoms with E-state index in [0.29, 0.717) is 28.1 Å². The second-order valence-electron chi connectivity index (χ2n) is 6.60. The molecule has 0 radical (unpaired) electrons. The Bertz CT molecular complexity index is 1020. The van der Waals surface area contributed by atoms with Crippen LogP contribution in [0, 0.1) is 15.9 Å². The molecule has 2 heterocycles. The molecule has 0 bridgehead atoms. The van der Waals surface area contributed by atoms with E-state index in [4.69, 9.17) is 0 Å². The number of hydrogen-bond acceptors (Lipinski definition) is 6. The highest BCUT2D eigenvalue weighted by molar-refractivity contribution is 5.94. The third kappa shape index (κ3) is 3.31. The van der Waals surface area contributed by atoms with Gasteiger partial charge < -0.3 is 9.80 Å². The molecule has 27 heavy (non-hydrogen) atoms. The van der Waals surface area contributed by atoms with E-state index in [1.807, 2.05) is 0 Å². The summed E-state index contributed by atoms with van der Waals surface area (Å²) in [5, 5.41) is 11.6. The van der Waals surface area contributed by atoms with Crippen molar-refractivity contribution in [1.29, 1.82) is 0 Å². The Balaban J connectivity index is 1.92. The molecule has 1 fully saturated rings. The molecular weight excluding hydrogens is 349 g/mol. The van der Waals surface area contributed by atoms with E-state index in [-0.39, 0.29) is 5.69 Å². The predicted molar refractivity (Wildman–Crippen MR) is 101 cm³/mol. The number of aromatic nitrogens is 2. The summed E-state index contributed by atoms with van der Waals surface area (Å²) in [6.45, 7) is 3.31. The van der Waals surface area contributed by atoms with Gasteiger partial charge in [-0.05, 0) is 25.2 Å². The average Bonchev–Trinajstić information content (AvgIpc) is 2.67. The molecule has 3 aromatic rings. The van der Waals surface area contributed by atoms with Crippen molar-refractivity contribution >= 4 is 22.5 Å². The Morgan fingerprint density at radius 3 is 2.52 bits per heavy atom. The second kappa shape index (κ2) is 6.88. The molecule has 0 atom stereocenters. The van der Waals surface area contributed by atoms with Crippen LogP contribution in [-0.2, 0) is 0 Å². The van der Waals surface area contributed by atoms with Crippen LogP contribution in [0.15, 0.2) is 42.5 Å². The summed E-state index contributed by atoms with van der Waals surface area (Å²) in [7, 11) is 2.06. The number of halogens is 1. The molecule has 138 valence electrons. The first-order valence-corrected chi connectivity index (χ1v) is 8.67. The molecule has 1 aromatic heterocycles. The maximum Gasteiger partial charge on any atom is 0.270 e. The van der Waals surface area contributed by atoms with Crippen molar-refractivity contribution in [2.24, 2.45) is 0 Å². The fourth-order valence-electron chi connectivity index (χ4n) is 3.22. The van der Waals surface area contributed by atoms with E-state index in [1.54, 1.807) is 24.3 Å². The van der Waals surface area contributed by atoms with E-state index >= 15 is 0 Å². The molecular formula is C19H18FN5O2. The first-order chi connectivity index (χ1) is 13.0. The quantitative estimate of drug-likeness (QED) is 0.523. The molecule has 0 N–H and O–H groups in total. The zero-order valence-corrected chi connectivity index (χ0v) is 14.8. The number of nitro groups is 1. The highest BCUT2D eigenvalue weighted by Gasteiger charge is 2.21. The molecule has 0 saturated carbocycles. The number of fused-ring (bicyclic) bond motifs is 1. The van der Waals surface area contributed by atoms with Crippen LogP contribution in [0.5, 0.6) is 0 Å². The third-order valence-electron chi connectivity index (χ3n) is 4.79. The lowest BCUT2D eigenvalue weighted by atomic mass is 10.1. The van der Waals surface area contributed by atoms with E-state index < -0.39 is 10.7 Å². The van der Waals surface area contributed by atoms with E-state index in [0.717, 1.165) is 26.2 Å². The lowest BCUT2D eigenvalue weighted by molar-refractivity contribution is -0.384. The minimum absolute atomic E-state index is 0.0731. The van der Waals surface area contributed by atoms with Crippen molar-refractivity contribution in [3.8, 4) is 11.3 Å². The molecule has 1 saturated heterocycles. The predicted octanol–water partition coefficient (Wildman–Crippen LogP) is 3.10. The van der Waals surface area contributed by atoms with Gasteiger partial charge in [0.2, 0.25) is 5.95 Å². The Hall–Kier alpha value is -3.13. The molecule has 7 nitrogen and oxygen atoms in total. The summed E-state index contributed by atoms with van der Waals surface area (Å²) >= 11 is 0. The Kier molecular flexibility index (Phi) is 4.41. The number of likely N-dealkylation sites (N-methyl/N-ethyl adjacent to an activating group) is 1. The standard InChI is InChI=1S/C19H18FN5O2/c1-23-8-10-24(11-9-23)19-21-17-7-6-13(25(26)27)12-15(17)18(22-19)14-4-2-3-5-16(14)20/h2-7,12H,8-11H2,1H3. The fraction of sp³-hybridized carbons (Fsp3) is 0.263. The van der Waals surface area contributed by atoms with Gasteiger partial charge in [0, 0.05) is 49.3 Å². The fourth-order valence-corrected chi connectivity index (χ4v) is 3.22. The van der Waals surface area contributed by atoms with Crippen molar-refractivity contribution in [3.63, 3.8) is 0 Å². The van der Waals surface area contributed by atoms with Gasteiger partial charge in [-0.25, -0.2) is 14.4 Å². The summed E-state index contributed by atoms with van der Waals surface area (Å²) in [5.74, 6) is 0.0936. The van der Waals surface area contributed by atoms with Crippen LogP contribution in [0.1, 0.15) is 0 Å². The van der Waals surface area contributed by atoms with Crippen molar-refractivity contribution in [3.05, 3.63) is 58.4 Å². The van der Waals surface area contributed by atoms with Gasteiger partial charge in [-0.2, -0.15) is 0 Å². The maximum absolute atomic E-state index is 14.5. The second-order valence-corrected chi connectivity index (χ2v) is 6.60. The van der Waals surface area contributed by atoms with E-state index in [9.17, 15) is 14.5 Å². The Labute approximate surface area is 155 Å². The molecule has 8 heteroatoms. The van der Waals surface area contributed by atoms with Gasteiger partial charge in [0.15, 0.2) is 0 Å². The van der Waals surface area contributed by atoms with Gasteiger partial charge >= 0.3 is 0 Å². The summed E-state index contributed by atoms with van der Waals surface area (Å²) in [6.07, 6.45) is 0. The van der Waals surface area contributed by atoms with Crippen LogP contribution in [-0.4, -0.2) is 53.0 Å². The number of non-ortho nitro benzene ring substituents is 1. The van der Waals surface area contributed by atoms with Crippen LogP contribution in [0.4, 0.5) is 16.0 Å². The van der Waals surface area contributed by atoms with Crippen LogP contribution in [0.25, 0.3) is 22.2 Å². The Morgan fingerprint density at radius 2 is 1.81 bits per heavy atom. The smallest absolute Gasteiger partial charge is 0.270 e. The minimum Gasteiger partial charge on any atom is -0.338 e. The molecule has 0 amide bonds. The highest BCUT2D eigenvalue weighted by atomic mass is 19.1. The number of benzene rings is 2. The number of anilines is 1. The maximum atomic E-state index is 14.5. The van der Waals surface area contributed by atoms with Crippen molar-refractivity contribution in [2.45, 2.75) is 0 Å². The van der Waals surface area contributed by atoms with Gasteiger partial charge in [0.1, 0.15) is 5.82 Å². The normalized spacial score (nSPS) is 15.3. The molecule has 2 aromatic carbocycles. The SMILES string of the molecule is CN1CCN(c2nc(-c3ccccc3F)c3cc([N+](=O)[O-])ccc3n2)CC1. The van der Waals surface area contributed by atoms with Crippen molar-refractivity contribution in [1.82, 2.24) is 14.9 Å².